The van der Waals surface area contributed by atoms with Crippen molar-refractivity contribution in [3.63, 3.8) is 0 Å². The van der Waals surface area contributed by atoms with E-state index in [1.54, 1.807) is 48.5 Å². The summed E-state index contributed by atoms with van der Waals surface area (Å²) in [7, 11) is 0. The average molecular weight is 368 g/mol. The molecule has 6 heteroatoms. The zero-order valence-electron chi connectivity index (χ0n) is 10.9. The van der Waals surface area contributed by atoms with Gasteiger partial charge in [-0.3, -0.25) is 9.59 Å². The predicted octanol–water partition coefficient (Wildman–Crippen LogP) is 3.93. The summed E-state index contributed by atoms with van der Waals surface area (Å²) in [6.45, 7) is 0. The minimum atomic E-state index is -0.271. The second-order valence-corrected chi connectivity index (χ2v) is 5.22. The van der Waals surface area contributed by atoms with Crippen molar-refractivity contribution in [1.29, 1.82) is 0 Å². The highest BCUT2D eigenvalue weighted by atomic mass is 79.9. The Balaban J connectivity index is 2.12. The molecule has 108 valence electrons. The third-order valence-corrected chi connectivity index (χ3v) is 3.36. The summed E-state index contributed by atoms with van der Waals surface area (Å²) >= 11 is 8.94. The number of carbonyl (C=O) groups is 2. The number of benzene rings is 2. The molecular formula is C15H12BrClN2O2. The number of carbonyl (C=O) groups excluding carboxylic acids is 2. The van der Waals surface area contributed by atoms with Gasteiger partial charge < -0.3 is 10.6 Å². The average Bonchev–Trinajstić information content (AvgIpc) is 2.47. The maximum atomic E-state index is 12.2. The molecule has 0 aliphatic carbocycles. The van der Waals surface area contributed by atoms with Gasteiger partial charge in [0.05, 0.1) is 5.33 Å². The van der Waals surface area contributed by atoms with Gasteiger partial charge >= 0.3 is 0 Å². The van der Waals surface area contributed by atoms with Crippen LogP contribution >= 0.6 is 27.5 Å². The summed E-state index contributed by atoms with van der Waals surface area (Å²) in [5.74, 6) is -0.449. The highest BCUT2D eigenvalue weighted by molar-refractivity contribution is 9.09. The summed E-state index contributed by atoms with van der Waals surface area (Å²) in [5.41, 5.74) is 1.63. The predicted molar refractivity (Wildman–Crippen MR) is 88.3 cm³/mol. The van der Waals surface area contributed by atoms with E-state index in [1.165, 1.54) is 0 Å². The minimum Gasteiger partial charge on any atom is -0.325 e. The fourth-order valence-corrected chi connectivity index (χ4v) is 2.03. The molecule has 0 bridgehead atoms. The van der Waals surface area contributed by atoms with Crippen molar-refractivity contribution in [3.8, 4) is 0 Å². The van der Waals surface area contributed by atoms with E-state index in [0.717, 1.165) is 0 Å². The van der Waals surface area contributed by atoms with Gasteiger partial charge in [0, 0.05) is 22.0 Å². The number of halogens is 2. The van der Waals surface area contributed by atoms with Gasteiger partial charge in [-0.15, -0.1) is 0 Å². The second kappa shape index (κ2) is 7.24. The first-order chi connectivity index (χ1) is 10.1. The number of anilines is 2. The van der Waals surface area contributed by atoms with Gasteiger partial charge in [0.2, 0.25) is 5.91 Å². The van der Waals surface area contributed by atoms with Gasteiger partial charge in [-0.25, -0.2) is 0 Å². The summed E-state index contributed by atoms with van der Waals surface area (Å²) < 4.78 is 0. The molecule has 0 radical (unpaired) electrons. The van der Waals surface area contributed by atoms with Crippen LogP contribution < -0.4 is 10.6 Å². The maximum Gasteiger partial charge on any atom is 0.255 e. The zero-order chi connectivity index (χ0) is 15.2. The molecule has 2 aromatic rings. The van der Waals surface area contributed by atoms with E-state index in [4.69, 9.17) is 11.6 Å². The Hall–Kier alpha value is -1.85. The van der Waals surface area contributed by atoms with Crippen molar-refractivity contribution in [2.24, 2.45) is 0 Å². The number of rotatable bonds is 4. The largest absolute Gasteiger partial charge is 0.325 e. The Morgan fingerprint density at radius 3 is 2.33 bits per heavy atom. The van der Waals surface area contributed by atoms with Crippen molar-refractivity contribution in [3.05, 3.63) is 59.1 Å². The summed E-state index contributed by atoms with van der Waals surface area (Å²) in [5, 5.41) is 6.17. The number of hydrogen-bond donors (Lipinski definition) is 2. The Kier molecular flexibility index (Phi) is 5.36. The molecule has 0 spiro atoms. The van der Waals surface area contributed by atoms with Crippen LogP contribution in [0.2, 0.25) is 5.02 Å². The molecule has 0 aliphatic heterocycles. The fraction of sp³-hybridized carbons (Fsp3) is 0.0667. The standard InChI is InChI=1S/C15H12BrClN2O2/c16-9-14(20)18-12-5-1-3-10(7-12)15(21)19-13-6-2-4-11(17)8-13/h1-8H,9H2,(H,18,20)(H,19,21). The molecule has 0 saturated carbocycles. The molecule has 2 N–H and O–H groups in total. The van der Waals surface area contributed by atoms with Crippen LogP contribution in [0.4, 0.5) is 11.4 Å². The smallest absolute Gasteiger partial charge is 0.255 e. The van der Waals surface area contributed by atoms with Crippen molar-refractivity contribution in [2.75, 3.05) is 16.0 Å². The summed E-state index contributed by atoms with van der Waals surface area (Å²) in [4.78, 5) is 23.5. The molecule has 0 saturated heterocycles. The van der Waals surface area contributed by atoms with Crippen LogP contribution in [0.3, 0.4) is 0 Å². The molecule has 0 aliphatic rings. The Morgan fingerprint density at radius 2 is 1.67 bits per heavy atom. The zero-order valence-corrected chi connectivity index (χ0v) is 13.2. The first-order valence-corrected chi connectivity index (χ1v) is 7.61. The lowest BCUT2D eigenvalue weighted by Gasteiger charge is -2.08. The highest BCUT2D eigenvalue weighted by Gasteiger charge is 2.08. The summed E-state index contributed by atoms with van der Waals surface area (Å²) in [6.07, 6.45) is 0. The van der Waals surface area contributed by atoms with Crippen LogP contribution in [0, 0.1) is 0 Å². The van der Waals surface area contributed by atoms with Crippen LogP contribution in [-0.2, 0) is 4.79 Å². The normalized spacial score (nSPS) is 10.0. The molecule has 2 aromatic carbocycles. The first-order valence-electron chi connectivity index (χ1n) is 6.11. The molecule has 0 unspecified atom stereocenters. The molecule has 4 nitrogen and oxygen atoms in total. The molecule has 0 fully saturated rings. The molecule has 0 atom stereocenters. The minimum absolute atomic E-state index is 0.178. The third kappa shape index (κ3) is 4.58. The van der Waals surface area contributed by atoms with Gasteiger partial charge in [-0.05, 0) is 36.4 Å². The molecule has 2 rings (SSSR count). The van der Waals surface area contributed by atoms with Crippen molar-refractivity contribution >= 4 is 50.7 Å². The van der Waals surface area contributed by atoms with Gasteiger partial charge in [0.15, 0.2) is 0 Å². The number of amides is 2. The molecule has 0 heterocycles. The Morgan fingerprint density at radius 1 is 1.00 bits per heavy atom. The van der Waals surface area contributed by atoms with E-state index in [9.17, 15) is 9.59 Å². The van der Waals surface area contributed by atoms with E-state index < -0.39 is 0 Å². The van der Waals surface area contributed by atoms with E-state index in [0.29, 0.717) is 22.0 Å². The lowest BCUT2D eigenvalue weighted by atomic mass is 10.2. The summed E-state index contributed by atoms with van der Waals surface area (Å²) in [6, 6.07) is 13.6. The van der Waals surface area contributed by atoms with E-state index in [1.807, 2.05) is 0 Å². The van der Waals surface area contributed by atoms with Crippen LogP contribution in [0.1, 0.15) is 10.4 Å². The van der Waals surface area contributed by atoms with Crippen LogP contribution in [0.5, 0.6) is 0 Å². The molecular weight excluding hydrogens is 356 g/mol. The topological polar surface area (TPSA) is 58.2 Å². The van der Waals surface area contributed by atoms with E-state index in [-0.39, 0.29) is 17.1 Å². The second-order valence-electron chi connectivity index (χ2n) is 4.23. The third-order valence-electron chi connectivity index (χ3n) is 2.61. The lowest BCUT2D eigenvalue weighted by molar-refractivity contribution is -0.113. The maximum absolute atomic E-state index is 12.2. The number of hydrogen-bond acceptors (Lipinski definition) is 2. The molecule has 21 heavy (non-hydrogen) atoms. The van der Waals surface area contributed by atoms with Crippen molar-refractivity contribution < 1.29 is 9.59 Å². The van der Waals surface area contributed by atoms with Gasteiger partial charge in [0.25, 0.3) is 5.91 Å². The fourth-order valence-electron chi connectivity index (χ4n) is 1.70. The lowest BCUT2D eigenvalue weighted by Crippen LogP contribution is -2.15. The van der Waals surface area contributed by atoms with Crippen LogP contribution in [0.15, 0.2) is 48.5 Å². The quantitative estimate of drug-likeness (QED) is 0.805. The Bertz CT molecular complexity index is 676. The van der Waals surface area contributed by atoms with Gasteiger partial charge in [0.1, 0.15) is 0 Å². The monoisotopic (exact) mass is 366 g/mol. The van der Waals surface area contributed by atoms with Gasteiger partial charge in [-0.2, -0.15) is 0 Å². The van der Waals surface area contributed by atoms with Crippen LogP contribution in [-0.4, -0.2) is 17.1 Å². The number of alkyl halides is 1. The molecule has 2 amide bonds. The SMILES string of the molecule is O=C(CBr)Nc1cccc(C(=O)Nc2cccc(Cl)c2)c1. The van der Waals surface area contributed by atoms with Crippen molar-refractivity contribution in [2.45, 2.75) is 0 Å². The first kappa shape index (κ1) is 15.5. The van der Waals surface area contributed by atoms with Gasteiger partial charge in [-0.1, -0.05) is 39.7 Å². The molecule has 0 aromatic heterocycles. The van der Waals surface area contributed by atoms with E-state index in [2.05, 4.69) is 26.6 Å². The van der Waals surface area contributed by atoms with Crippen molar-refractivity contribution in [1.82, 2.24) is 0 Å². The Labute approximate surface area is 135 Å². The highest BCUT2D eigenvalue weighted by Crippen LogP contribution is 2.17. The van der Waals surface area contributed by atoms with Crippen LogP contribution in [0.25, 0.3) is 0 Å². The number of nitrogens with one attached hydrogen (secondary N) is 2. The van der Waals surface area contributed by atoms with E-state index >= 15 is 0 Å².